The first kappa shape index (κ1) is 19.7. The number of nitrogens with zero attached hydrogens (tertiary/aromatic N) is 2. The molecule has 1 heterocycles. The molecule has 0 radical (unpaired) electrons. The van der Waals surface area contributed by atoms with Crippen LogP contribution in [0.25, 0.3) is 0 Å². The molecule has 1 atom stereocenters. The molecule has 0 bridgehead atoms. The fourth-order valence-corrected chi connectivity index (χ4v) is 2.60. The summed E-state index contributed by atoms with van der Waals surface area (Å²) in [5, 5.41) is 7.07. The smallest absolute Gasteiger partial charge is 0.308 e. The van der Waals surface area contributed by atoms with Crippen LogP contribution in [0.2, 0.25) is 5.02 Å². The van der Waals surface area contributed by atoms with Crippen LogP contribution in [0, 0.1) is 0 Å². The number of carbonyl (C=O) groups is 2. The Hall–Kier alpha value is -2.67. The summed E-state index contributed by atoms with van der Waals surface area (Å²) in [6, 6.07) is 8.80. The standard InChI is InChI=1S/C18H20ClN3O4/c1-11(2)26-17(24)10-15(12-6-4-5-7-13(12)19)20-18(25)14-8-9-16(23)22(3)21-14/h4-9,11,15H,10H2,1-3H3,(H,20,25)/t15-/m0/s1. The van der Waals surface area contributed by atoms with Crippen LogP contribution in [0.3, 0.4) is 0 Å². The number of ether oxygens (including phenoxy) is 1. The average Bonchev–Trinajstić information content (AvgIpc) is 2.56. The van der Waals surface area contributed by atoms with E-state index >= 15 is 0 Å². The van der Waals surface area contributed by atoms with Crippen molar-refractivity contribution >= 4 is 23.5 Å². The topological polar surface area (TPSA) is 90.3 Å². The lowest BCUT2D eigenvalue weighted by Gasteiger charge is -2.20. The summed E-state index contributed by atoms with van der Waals surface area (Å²) >= 11 is 6.22. The summed E-state index contributed by atoms with van der Waals surface area (Å²) in [6.07, 6.45) is -0.352. The van der Waals surface area contributed by atoms with Crippen LogP contribution >= 0.6 is 11.6 Å². The summed E-state index contributed by atoms with van der Waals surface area (Å²) in [6.45, 7) is 3.49. The minimum Gasteiger partial charge on any atom is -0.463 e. The van der Waals surface area contributed by atoms with Crippen LogP contribution in [-0.2, 0) is 16.6 Å². The van der Waals surface area contributed by atoms with Crippen molar-refractivity contribution in [3.8, 4) is 0 Å². The van der Waals surface area contributed by atoms with Gasteiger partial charge in [-0.1, -0.05) is 29.8 Å². The third-order valence-corrected chi connectivity index (χ3v) is 3.86. The Balaban J connectivity index is 2.27. The zero-order valence-electron chi connectivity index (χ0n) is 14.7. The van der Waals surface area contributed by atoms with E-state index in [2.05, 4.69) is 10.4 Å². The number of aryl methyl sites for hydroxylation is 1. The number of hydrogen-bond acceptors (Lipinski definition) is 5. The SMILES string of the molecule is CC(C)OC(=O)C[C@H](NC(=O)c1ccc(=O)n(C)n1)c1ccccc1Cl. The predicted octanol–water partition coefficient (Wildman–Crippen LogP) is 2.25. The zero-order chi connectivity index (χ0) is 19.3. The van der Waals surface area contributed by atoms with E-state index < -0.39 is 17.9 Å². The molecule has 0 saturated heterocycles. The van der Waals surface area contributed by atoms with E-state index in [4.69, 9.17) is 16.3 Å². The molecule has 0 spiro atoms. The molecule has 2 aromatic rings. The van der Waals surface area contributed by atoms with Crippen LogP contribution in [0.5, 0.6) is 0 Å². The molecule has 1 N–H and O–H groups in total. The van der Waals surface area contributed by atoms with Crippen molar-refractivity contribution in [1.29, 1.82) is 0 Å². The molecule has 0 saturated carbocycles. The Bertz CT molecular complexity index is 864. The second kappa shape index (κ2) is 8.62. The first-order chi connectivity index (χ1) is 12.3. The van der Waals surface area contributed by atoms with Crippen molar-refractivity contribution in [2.75, 3.05) is 0 Å². The highest BCUT2D eigenvalue weighted by Gasteiger charge is 2.23. The molecule has 2 rings (SSSR count). The van der Waals surface area contributed by atoms with Gasteiger partial charge in [0.15, 0.2) is 0 Å². The number of halogens is 1. The van der Waals surface area contributed by atoms with Crippen molar-refractivity contribution < 1.29 is 14.3 Å². The lowest BCUT2D eigenvalue weighted by atomic mass is 10.0. The van der Waals surface area contributed by atoms with Gasteiger partial charge in [0.05, 0.1) is 18.6 Å². The molecular formula is C18H20ClN3O4. The lowest BCUT2D eigenvalue weighted by Crippen LogP contribution is -2.33. The van der Waals surface area contributed by atoms with E-state index in [0.29, 0.717) is 10.6 Å². The average molecular weight is 378 g/mol. The van der Waals surface area contributed by atoms with E-state index in [0.717, 1.165) is 4.68 Å². The third-order valence-electron chi connectivity index (χ3n) is 3.52. The van der Waals surface area contributed by atoms with Gasteiger partial charge in [-0.25, -0.2) is 4.68 Å². The van der Waals surface area contributed by atoms with Gasteiger partial charge in [-0.3, -0.25) is 14.4 Å². The van der Waals surface area contributed by atoms with Crippen LogP contribution in [0.1, 0.15) is 42.4 Å². The Morgan fingerprint density at radius 1 is 1.23 bits per heavy atom. The molecule has 26 heavy (non-hydrogen) atoms. The molecule has 8 heteroatoms. The van der Waals surface area contributed by atoms with Crippen molar-refractivity contribution in [3.05, 3.63) is 63.0 Å². The van der Waals surface area contributed by atoms with Gasteiger partial charge in [0, 0.05) is 18.1 Å². The molecule has 0 unspecified atom stereocenters. The van der Waals surface area contributed by atoms with Crippen LogP contribution in [0.15, 0.2) is 41.2 Å². The number of nitrogens with one attached hydrogen (secondary N) is 1. The number of amides is 1. The molecule has 0 aliphatic rings. The van der Waals surface area contributed by atoms with Gasteiger partial charge in [-0.15, -0.1) is 0 Å². The maximum absolute atomic E-state index is 12.5. The normalized spacial score (nSPS) is 11.9. The molecule has 0 aliphatic carbocycles. The first-order valence-electron chi connectivity index (χ1n) is 8.07. The van der Waals surface area contributed by atoms with Gasteiger partial charge < -0.3 is 10.1 Å². The second-order valence-corrected chi connectivity index (χ2v) is 6.38. The largest absolute Gasteiger partial charge is 0.463 e. The highest BCUT2D eigenvalue weighted by molar-refractivity contribution is 6.31. The molecule has 1 aromatic carbocycles. The second-order valence-electron chi connectivity index (χ2n) is 5.97. The zero-order valence-corrected chi connectivity index (χ0v) is 15.5. The van der Waals surface area contributed by atoms with E-state index in [1.54, 1.807) is 38.1 Å². The molecule has 7 nitrogen and oxygen atoms in total. The van der Waals surface area contributed by atoms with Crippen LogP contribution in [-0.4, -0.2) is 27.8 Å². The predicted molar refractivity (Wildman–Crippen MR) is 97.0 cm³/mol. The van der Waals surface area contributed by atoms with E-state index in [1.807, 2.05) is 0 Å². The van der Waals surface area contributed by atoms with Crippen LogP contribution in [0.4, 0.5) is 0 Å². The molecule has 1 aromatic heterocycles. The van der Waals surface area contributed by atoms with E-state index in [-0.39, 0.29) is 23.8 Å². The fraction of sp³-hybridized carbons (Fsp3) is 0.333. The van der Waals surface area contributed by atoms with Gasteiger partial charge in [0.1, 0.15) is 5.69 Å². The molecule has 0 aliphatic heterocycles. The Labute approximate surface area is 155 Å². The van der Waals surface area contributed by atoms with Gasteiger partial charge >= 0.3 is 5.97 Å². The number of benzene rings is 1. The van der Waals surface area contributed by atoms with Gasteiger partial charge in [-0.2, -0.15) is 5.10 Å². The molecule has 0 fully saturated rings. The minimum atomic E-state index is -0.693. The molecular weight excluding hydrogens is 358 g/mol. The first-order valence-corrected chi connectivity index (χ1v) is 8.45. The highest BCUT2D eigenvalue weighted by Crippen LogP contribution is 2.26. The maximum atomic E-state index is 12.5. The minimum absolute atomic E-state index is 0.0568. The summed E-state index contributed by atoms with van der Waals surface area (Å²) in [5.41, 5.74) is 0.319. The quantitative estimate of drug-likeness (QED) is 0.780. The summed E-state index contributed by atoms with van der Waals surface area (Å²) in [7, 11) is 1.45. The van der Waals surface area contributed by atoms with E-state index in [1.165, 1.54) is 19.2 Å². The number of carbonyl (C=O) groups excluding carboxylic acids is 2. The Morgan fingerprint density at radius 3 is 2.54 bits per heavy atom. The summed E-state index contributed by atoms with van der Waals surface area (Å²) < 4.78 is 6.23. The number of hydrogen-bond donors (Lipinski definition) is 1. The van der Waals surface area contributed by atoms with Crippen molar-refractivity contribution in [3.63, 3.8) is 0 Å². The highest BCUT2D eigenvalue weighted by atomic mass is 35.5. The molecule has 1 amide bonds. The Kier molecular flexibility index (Phi) is 6.52. The lowest BCUT2D eigenvalue weighted by molar-refractivity contribution is -0.147. The molecule has 138 valence electrons. The number of esters is 1. The number of rotatable bonds is 6. The fourth-order valence-electron chi connectivity index (χ4n) is 2.33. The third kappa shape index (κ3) is 5.16. The van der Waals surface area contributed by atoms with Crippen molar-refractivity contribution in [1.82, 2.24) is 15.1 Å². The van der Waals surface area contributed by atoms with Crippen molar-refractivity contribution in [2.45, 2.75) is 32.4 Å². The Morgan fingerprint density at radius 2 is 1.92 bits per heavy atom. The van der Waals surface area contributed by atoms with Crippen molar-refractivity contribution in [2.24, 2.45) is 7.05 Å². The van der Waals surface area contributed by atoms with Gasteiger partial charge in [0.2, 0.25) is 0 Å². The van der Waals surface area contributed by atoms with Gasteiger partial charge in [0.25, 0.3) is 11.5 Å². The maximum Gasteiger partial charge on any atom is 0.308 e. The summed E-state index contributed by atoms with van der Waals surface area (Å²) in [4.78, 5) is 36.0. The number of aromatic nitrogens is 2. The van der Waals surface area contributed by atoms with Crippen LogP contribution < -0.4 is 10.9 Å². The summed E-state index contributed by atoms with van der Waals surface area (Å²) in [5.74, 6) is -0.985. The van der Waals surface area contributed by atoms with Gasteiger partial charge in [-0.05, 0) is 31.5 Å². The van der Waals surface area contributed by atoms with E-state index in [9.17, 15) is 14.4 Å². The monoisotopic (exact) mass is 377 g/mol.